The summed E-state index contributed by atoms with van der Waals surface area (Å²) >= 11 is 0. The maximum Gasteiger partial charge on any atom is 0.309 e. The number of benzene rings is 2. The van der Waals surface area contributed by atoms with Gasteiger partial charge in [0.05, 0.1) is 13.0 Å². The first-order valence-electron chi connectivity index (χ1n) is 8.70. The number of amides is 1. The van der Waals surface area contributed by atoms with Gasteiger partial charge in [-0.05, 0) is 36.1 Å². The molecular weight excluding hydrogens is 330 g/mol. The molecule has 1 N–H and O–H groups in total. The fourth-order valence-corrected chi connectivity index (χ4v) is 2.48. The quantitative estimate of drug-likeness (QED) is 0.725. The van der Waals surface area contributed by atoms with Crippen LogP contribution in [0.3, 0.4) is 0 Å². The number of hydrogen-bond donors (Lipinski definition) is 1. The Bertz CT molecular complexity index is 755. The van der Waals surface area contributed by atoms with Gasteiger partial charge in [0.1, 0.15) is 5.75 Å². The molecule has 0 saturated carbocycles. The molecule has 0 aromatic heterocycles. The predicted octanol–water partition coefficient (Wildman–Crippen LogP) is 4.07. The zero-order valence-electron chi connectivity index (χ0n) is 15.5. The minimum Gasteiger partial charge on any atom is -0.493 e. The first-order chi connectivity index (χ1) is 12.5. The fourth-order valence-electron chi connectivity index (χ4n) is 2.48. The smallest absolute Gasteiger partial charge is 0.309 e. The number of para-hydroxylation sites is 2. The highest BCUT2D eigenvalue weighted by atomic mass is 16.5. The first kappa shape index (κ1) is 19.5. The summed E-state index contributed by atoms with van der Waals surface area (Å²) in [6, 6.07) is 15.2. The van der Waals surface area contributed by atoms with Crippen LogP contribution in [0.2, 0.25) is 0 Å². The van der Waals surface area contributed by atoms with E-state index in [1.165, 1.54) is 0 Å². The van der Waals surface area contributed by atoms with Gasteiger partial charge in [-0.2, -0.15) is 0 Å². The Morgan fingerprint density at radius 1 is 1.04 bits per heavy atom. The Balaban J connectivity index is 1.74. The summed E-state index contributed by atoms with van der Waals surface area (Å²) in [6.45, 7) is 5.95. The van der Waals surface area contributed by atoms with Crippen LogP contribution in [0.15, 0.2) is 48.5 Å². The second-order valence-corrected chi connectivity index (χ2v) is 6.31. The molecule has 0 saturated heterocycles. The van der Waals surface area contributed by atoms with Crippen LogP contribution in [0.25, 0.3) is 0 Å². The van der Waals surface area contributed by atoms with Crippen molar-refractivity contribution in [2.75, 3.05) is 18.5 Å². The molecule has 5 nitrogen and oxygen atoms in total. The Hall–Kier alpha value is -2.82. The van der Waals surface area contributed by atoms with Crippen molar-refractivity contribution in [2.45, 2.75) is 33.1 Å². The molecule has 0 aliphatic rings. The Morgan fingerprint density at radius 2 is 1.73 bits per heavy atom. The third-order valence-electron chi connectivity index (χ3n) is 3.88. The molecule has 0 aliphatic carbocycles. The van der Waals surface area contributed by atoms with Crippen molar-refractivity contribution in [3.8, 4) is 5.75 Å². The summed E-state index contributed by atoms with van der Waals surface area (Å²) in [6.07, 6.45) is 0.0875. The van der Waals surface area contributed by atoms with Crippen molar-refractivity contribution >= 4 is 17.6 Å². The Kier molecular flexibility index (Phi) is 7.21. The summed E-state index contributed by atoms with van der Waals surface area (Å²) in [7, 11) is 0. The lowest BCUT2D eigenvalue weighted by molar-refractivity contribution is -0.147. The van der Waals surface area contributed by atoms with Crippen LogP contribution in [0.5, 0.6) is 5.75 Å². The summed E-state index contributed by atoms with van der Waals surface area (Å²) in [4.78, 5) is 23.8. The van der Waals surface area contributed by atoms with Gasteiger partial charge in [-0.3, -0.25) is 9.59 Å². The molecule has 5 heteroatoms. The minimum atomic E-state index is -0.467. The third-order valence-corrected chi connectivity index (χ3v) is 3.88. The van der Waals surface area contributed by atoms with E-state index in [4.69, 9.17) is 9.47 Å². The van der Waals surface area contributed by atoms with E-state index in [-0.39, 0.29) is 31.5 Å². The van der Waals surface area contributed by atoms with E-state index < -0.39 is 5.97 Å². The van der Waals surface area contributed by atoms with Crippen molar-refractivity contribution in [1.29, 1.82) is 0 Å². The van der Waals surface area contributed by atoms with Crippen LogP contribution in [0.1, 0.15) is 37.3 Å². The van der Waals surface area contributed by atoms with Gasteiger partial charge in [-0.1, -0.05) is 50.2 Å². The van der Waals surface area contributed by atoms with Gasteiger partial charge in [0.25, 0.3) is 5.91 Å². The number of hydrogen-bond acceptors (Lipinski definition) is 4. The van der Waals surface area contributed by atoms with E-state index in [0.717, 1.165) is 22.6 Å². The van der Waals surface area contributed by atoms with Crippen LogP contribution in [0, 0.1) is 6.92 Å². The van der Waals surface area contributed by atoms with Crippen molar-refractivity contribution in [3.63, 3.8) is 0 Å². The van der Waals surface area contributed by atoms with Gasteiger partial charge in [0, 0.05) is 5.69 Å². The van der Waals surface area contributed by atoms with E-state index in [0.29, 0.717) is 0 Å². The molecule has 0 bridgehead atoms. The topological polar surface area (TPSA) is 64.6 Å². The van der Waals surface area contributed by atoms with Crippen LogP contribution >= 0.6 is 0 Å². The van der Waals surface area contributed by atoms with Gasteiger partial charge in [0.2, 0.25) is 0 Å². The molecular formula is C21H25NO4. The predicted molar refractivity (Wildman–Crippen MR) is 101 cm³/mol. The molecule has 0 spiro atoms. The van der Waals surface area contributed by atoms with Crippen molar-refractivity contribution < 1.29 is 19.1 Å². The molecule has 0 unspecified atom stereocenters. The number of carbonyl (C=O) groups is 2. The molecule has 138 valence electrons. The number of anilines is 1. The number of nitrogens with one attached hydrogen (secondary N) is 1. The van der Waals surface area contributed by atoms with Crippen LogP contribution in [-0.2, 0) is 14.3 Å². The van der Waals surface area contributed by atoms with Gasteiger partial charge in [-0.15, -0.1) is 0 Å². The number of esters is 1. The monoisotopic (exact) mass is 355 g/mol. The van der Waals surface area contributed by atoms with Crippen molar-refractivity contribution in [3.05, 3.63) is 59.7 Å². The normalized spacial score (nSPS) is 10.5. The van der Waals surface area contributed by atoms with Crippen LogP contribution < -0.4 is 10.1 Å². The van der Waals surface area contributed by atoms with Gasteiger partial charge < -0.3 is 14.8 Å². The van der Waals surface area contributed by atoms with E-state index in [2.05, 4.69) is 19.2 Å². The lowest BCUT2D eigenvalue weighted by Crippen LogP contribution is -2.22. The molecule has 2 aromatic carbocycles. The van der Waals surface area contributed by atoms with Crippen LogP contribution in [-0.4, -0.2) is 25.1 Å². The zero-order valence-corrected chi connectivity index (χ0v) is 15.5. The van der Waals surface area contributed by atoms with Gasteiger partial charge in [-0.25, -0.2) is 0 Å². The van der Waals surface area contributed by atoms with Crippen LogP contribution in [0.4, 0.5) is 5.69 Å². The molecule has 0 fully saturated rings. The van der Waals surface area contributed by atoms with E-state index in [9.17, 15) is 9.59 Å². The molecule has 0 aliphatic heterocycles. The molecule has 2 aromatic rings. The minimum absolute atomic E-state index is 0.0875. The average Bonchev–Trinajstić information content (AvgIpc) is 2.62. The van der Waals surface area contributed by atoms with Crippen molar-refractivity contribution in [2.24, 2.45) is 0 Å². The van der Waals surface area contributed by atoms with E-state index in [1.54, 1.807) is 0 Å². The number of carbonyl (C=O) groups excluding carboxylic acids is 2. The molecule has 0 radical (unpaired) electrons. The highest BCUT2D eigenvalue weighted by Crippen LogP contribution is 2.23. The SMILES string of the molecule is Cc1ccccc1OCCC(=O)OCC(=O)Nc1ccccc1C(C)C. The maximum absolute atomic E-state index is 12.0. The second kappa shape index (κ2) is 9.61. The molecule has 0 heterocycles. The highest BCUT2D eigenvalue weighted by Gasteiger charge is 2.11. The molecule has 26 heavy (non-hydrogen) atoms. The lowest BCUT2D eigenvalue weighted by Gasteiger charge is -2.13. The summed E-state index contributed by atoms with van der Waals surface area (Å²) in [5.41, 5.74) is 2.79. The van der Waals surface area contributed by atoms with E-state index in [1.807, 2.05) is 55.5 Å². The number of ether oxygens (including phenoxy) is 2. The lowest BCUT2D eigenvalue weighted by atomic mass is 10.0. The zero-order chi connectivity index (χ0) is 18.9. The van der Waals surface area contributed by atoms with E-state index >= 15 is 0 Å². The largest absolute Gasteiger partial charge is 0.493 e. The first-order valence-corrected chi connectivity index (χ1v) is 8.70. The Morgan fingerprint density at radius 3 is 2.46 bits per heavy atom. The van der Waals surface area contributed by atoms with Crippen molar-refractivity contribution in [1.82, 2.24) is 0 Å². The summed E-state index contributed by atoms with van der Waals surface area (Å²) < 4.78 is 10.6. The fraction of sp³-hybridized carbons (Fsp3) is 0.333. The summed E-state index contributed by atoms with van der Waals surface area (Å²) in [5, 5.41) is 2.79. The molecule has 0 atom stereocenters. The summed E-state index contributed by atoms with van der Waals surface area (Å²) in [5.74, 6) is 0.202. The third kappa shape index (κ3) is 5.92. The molecule has 2 rings (SSSR count). The van der Waals surface area contributed by atoms with Gasteiger partial charge in [0.15, 0.2) is 6.61 Å². The number of rotatable bonds is 8. The standard InChI is InChI=1S/C21H25NO4/c1-15(2)17-9-5-6-10-18(17)22-20(23)14-26-21(24)12-13-25-19-11-7-4-8-16(19)3/h4-11,15H,12-14H2,1-3H3,(H,22,23). The average molecular weight is 355 g/mol. The number of aryl methyl sites for hydroxylation is 1. The van der Waals surface area contributed by atoms with Gasteiger partial charge >= 0.3 is 5.97 Å². The maximum atomic E-state index is 12.0. The molecule has 1 amide bonds. The highest BCUT2D eigenvalue weighted by molar-refractivity contribution is 5.93. The second-order valence-electron chi connectivity index (χ2n) is 6.31. The Labute approximate surface area is 154 Å².